The van der Waals surface area contributed by atoms with Crippen molar-refractivity contribution < 1.29 is 14.6 Å². The van der Waals surface area contributed by atoms with E-state index in [0.717, 1.165) is 5.56 Å². The number of ether oxygens (including phenoxy) is 1. The summed E-state index contributed by atoms with van der Waals surface area (Å²) in [5, 5.41) is 8.41. The minimum atomic E-state index is -1.00. The molecular formula is C11H15NO3. The fourth-order valence-electron chi connectivity index (χ4n) is 1.05. The number of hydrogen-bond acceptors (Lipinski definition) is 3. The molecule has 0 radical (unpaired) electrons. The Bertz CT molecular complexity index is 338. The van der Waals surface area contributed by atoms with Crippen LogP contribution in [-0.2, 0) is 10.2 Å². The van der Waals surface area contributed by atoms with Crippen LogP contribution >= 0.6 is 0 Å². The molecule has 1 aromatic heterocycles. The first-order valence-electron chi connectivity index (χ1n) is 4.71. The number of aliphatic carboxylic acids is 1. The summed E-state index contributed by atoms with van der Waals surface area (Å²) in [7, 11) is 0. The summed E-state index contributed by atoms with van der Waals surface area (Å²) in [6.07, 6.45) is 1.71. The van der Waals surface area contributed by atoms with Crippen LogP contribution in [0, 0.1) is 0 Å². The Labute approximate surface area is 88.9 Å². The van der Waals surface area contributed by atoms with E-state index in [1.54, 1.807) is 12.3 Å². The Morgan fingerprint density at radius 2 is 2.13 bits per heavy atom. The third-order valence-electron chi connectivity index (χ3n) is 1.95. The summed E-state index contributed by atoms with van der Waals surface area (Å²) in [4.78, 5) is 14.3. The van der Waals surface area contributed by atoms with Gasteiger partial charge < -0.3 is 9.84 Å². The third-order valence-corrected chi connectivity index (χ3v) is 1.95. The first-order valence-corrected chi connectivity index (χ1v) is 4.71. The normalized spacial score (nSPS) is 11.1. The second-order valence-electron chi connectivity index (χ2n) is 4.32. The lowest BCUT2D eigenvalue weighted by Gasteiger charge is -2.18. The summed E-state index contributed by atoms with van der Waals surface area (Å²) >= 11 is 0. The van der Waals surface area contributed by atoms with Crippen molar-refractivity contribution in [2.75, 3.05) is 6.61 Å². The number of carboxylic acids is 1. The largest absolute Gasteiger partial charge is 0.479 e. The van der Waals surface area contributed by atoms with Crippen molar-refractivity contribution in [1.82, 2.24) is 4.98 Å². The van der Waals surface area contributed by atoms with Gasteiger partial charge in [-0.05, 0) is 11.0 Å². The van der Waals surface area contributed by atoms with Crippen molar-refractivity contribution in [3.63, 3.8) is 0 Å². The topological polar surface area (TPSA) is 59.4 Å². The molecule has 0 fully saturated rings. The quantitative estimate of drug-likeness (QED) is 0.825. The van der Waals surface area contributed by atoms with Crippen LogP contribution in [0.2, 0.25) is 0 Å². The van der Waals surface area contributed by atoms with Gasteiger partial charge in [0.05, 0.1) is 0 Å². The monoisotopic (exact) mass is 209 g/mol. The Morgan fingerprint density at radius 3 is 2.53 bits per heavy atom. The van der Waals surface area contributed by atoms with Gasteiger partial charge in [0.1, 0.15) is 0 Å². The number of aromatic nitrogens is 1. The van der Waals surface area contributed by atoms with E-state index in [9.17, 15) is 4.79 Å². The molecule has 0 saturated carbocycles. The van der Waals surface area contributed by atoms with E-state index in [-0.39, 0.29) is 12.0 Å². The van der Waals surface area contributed by atoms with Crippen LogP contribution in [-0.4, -0.2) is 22.7 Å². The van der Waals surface area contributed by atoms with E-state index in [1.807, 2.05) is 6.07 Å². The Hall–Kier alpha value is -1.58. The Morgan fingerprint density at radius 1 is 1.47 bits per heavy atom. The predicted octanol–water partition coefficient (Wildman–Crippen LogP) is 1.84. The molecule has 15 heavy (non-hydrogen) atoms. The van der Waals surface area contributed by atoms with Crippen molar-refractivity contribution in [2.24, 2.45) is 0 Å². The summed E-state index contributed by atoms with van der Waals surface area (Å²) in [6.45, 7) is 5.90. The third kappa shape index (κ3) is 3.58. The van der Waals surface area contributed by atoms with Crippen LogP contribution in [0.5, 0.6) is 5.88 Å². The van der Waals surface area contributed by atoms with E-state index in [1.165, 1.54) is 0 Å². The molecule has 1 N–H and O–H groups in total. The molecule has 0 aliphatic heterocycles. The molecule has 0 aliphatic rings. The van der Waals surface area contributed by atoms with Crippen LogP contribution in [0.1, 0.15) is 26.3 Å². The average molecular weight is 209 g/mol. The summed E-state index contributed by atoms with van der Waals surface area (Å²) in [5.74, 6) is -0.665. The molecule has 0 amide bonds. The molecule has 0 bridgehead atoms. The van der Waals surface area contributed by atoms with Gasteiger partial charge in [0.2, 0.25) is 5.88 Å². The van der Waals surface area contributed by atoms with Crippen LogP contribution in [0.25, 0.3) is 0 Å². The number of rotatable bonds is 3. The lowest BCUT2D eigenvalue weighted by Crippen LogP contribution is -2.13. The molecule has 0 spiro atoms. The van der Waals surface area contributed by atoms with Crippen LogP contribution in [0.15, 0.2) is 18.3 Å². The maximum atomic E-state index is 10.2. The van der Waals surface area contributed by atoms with Crippen LogP contribution in [0.4, 0.5) is 0 Å². The second kappa shape index (κ2) is 4.29. The number of carbonyl (C=O) groups is 1. The van der Waals surface area contributed by atoms with Gasteiger partial charge in [-0.3, -0.25) is 0 Å². The van der Waals surface area contributed by atoms with Gasteiger partial charge in [-0.2, -0.15) is 0 Å². The van der Waals surface area contributed by atoms with Gasteiger partial charge in [0.25, 0.3) is 0 Å². The Kier molecular flexibility index (Phi) is 3.29. The molecule has 82 valence electrons. The molecule has 0 unspecified atom stereocenters. The highest BCUT2D eigenvalue weighted by Gasteiger charge is 2.13. The highest BCUT2D eigenvalue weighted by molar-refractivity contribution is 5.68. The smallest absolute Gasteiger partial charge is 0.341 e. The van der Waals surface area contributed by atoms with E-state index in [4.69, 9.17) is 9.84 Å². The van der Waals surface area contributed by atoms with Gasteiger partial charge in [-0.15, -0.1) is 0 Å². The first-order chi connectivity index (χ1) is 6.89. The van der Waals surface area contributed by atoms with Crippen molar-refractivity contribution in [3.8, 4) is 5.88 Å². The average Bonchev–Trinajstić information content (AvgIpc) is 2.14. The number of carboxylic acid groups (broad SMARTS) is 1. The van der Waals surface area contributed by atoms with E-state index >= 15 is 0 Å². The maximum Gasteiger partial charge on any atom is 0.341 e. The predicted molar refractivity (Wildman–Crippen MR) is 56.1 cm³/mol. The van der Waals surface area contributed by atoms with Gasteiger partial charge in [0.15, 0.2) is 6.61 Å². The van der Waals surface area contributed by atoms with Gasteiger partial charge in [-0.1, -0.05) is 26.8 Å². The number of hydrogen-bond donors (Lipinski definition) is 1. The minimum absolute atomic E-state index is 0.0400. The second-order valence-corrected chi connectivity index (χ2v) is 4.32. The van der Waals surface area contributed by atoms with Crippen molar-refractivity contribution >= 4 is 5.97 Å². The lowest BCUT2D eigenvalue weighted by molar-refractivity contribution is -0.139. The maximum absolute atomic E-state index is 10.2. The minimum Gasteiger partial charge on any atom is -0.479 e. The zero-order valence-corrected chi connectivity index (χ0v) is 9.15. The van der Waals surface area contributed by atoms with Crippen molar-refractivity contribution in [3.05, 3.63) is 23.9 Å². The fourth-order valence-corrected chi connectivity index (χ4v) is 1.05. The molecule has 4 nitrogen and oxygen atoms in total. The van der Waals surface area contributed by atoms with E-state index < -0.39 is 5.97 Å². The molecule has 1 heterocycles. The Balaban J connectivity index is 2.69. The SMILES string of the molecule is CC(C)(C)c1ccc(OCC(=O)O)nc1. The first kappa shape index (κ1) is 11.5. The van der Waals surface area contributed by atoms with Crippen LogP contribution < -0.4 is 4.74 Å². The van der Waals surface area contributed by atoms with Crippen molar-refractivity contribution in [2.45, 2.75) is 26.2 Å². The molecule has 0 atom stereocenters. The standard InChI is InChI=1S/C11H15NO3/c1-11(2,3)8-4-5-9(12-6-8)15-7-10(13)14/h4-6H,7H2,1-3H3,(H,13,14). The highest BCUT2D eigenvalue weighted by Crippen LogP contribution is 2.22. The number of nitrogens with zero attached hydrogens (tertiary/aromatic N) is 1. The summed E-state index contributed by atoms with van der Waals surface area (Å²) in [6, 6.07) is 3.58. The van der Waals surface area contributed by atoms with E-state index in [2.05, 4.69) is 25.8 Å². The molecule has 1 rings (SSSR count). The van der Waals surface area contributed by atoms with Gasteiger partial charge in [0, 0.05) is 12.3 Å². The highest BCUT2D eigenvalue weighted by atomic mass is 16.5. The zero-order valence-electron chi connectivity index (χ0n) is 9.15. The zero-order chi connectivity index (χ0) is 11.5. The number of pyridine rings is 1. The molecular weight excluding hydrogens is 194 g/mol. The van der Waals surface area contributed by atoms with Crippen LogP contribution in [0.3, 0.4) is 0 Å². The molecule has 4 heteroatoms. The summed E-state index contributed by atoms with van der Waals surface area (Å²) < 4.78 is 4.92. The van der Waals surface area contributed by atoms with Gasteiger partial charge in [-0.25, -0.2) is 9.78 Å². The lowest BCUT2D eigenvalue weighted by atomic mass is 9.88. The van der Waals surface area contributed by atoms with E-state index in [0.29, 0.717) is 5.88 Å². The fraction of sp³-hybridized carbons (Fsp3) is 0.455. The molecule has 1 aromatic rings. The molecule has 0 aromatic carbocycles. The molecule has 0 saturated heterocycles. The summed E-state index contributed by atoms with van der Waals surface area (Å²) in [5.41, 5.74) is 1.13. The van der Waals surface area contributed by atoms with Crippen molar-refractivity contribution in [1.29, 1.82) is 0 Å². The van der Waals surface area contributed by atoms with Gasteiger partial charge >= 0.3 is 5.97 Å². The molecule has 0 aliphatic carbocycles.